The number of rotatable bonds is 2. The molecule has 0 bridgehead atoms. The SMILES string of the molecule is C=CC(=C)C(=O)N1CCC2(CC1)CC(=C)C(=NC(C)=NC)c1ccccc12. The molecule has 1 aromatic rings. The Labute approximate surface area is 161 Å². The zero-order chi connectivity index (χ0) is 19.6. The highest BCUT2D eigenvalue weighted by Crippen LogP contribution is 2.46. The van der Waals surface area contributed by atoms with Crippen LogP contribution in [0, 0.1) is 0 Å². The van der Waals surface area contributed by atoms with Crippen molar-refractivity contribution in [2.75, 3.05) is 20.1 Å². The van der Waals surface area contributed by atoms with Crippen molar-refractivity contribution < 1.29 is 4.79 Å². The van der Waals surface area contributed by atoms with Gasteiger partial charge >= 0.3 is 0 Å². The summed E-state index contributed by atoms with van der Waals surface area (Å²) in [7, 11) is 1.75. The lowest BCUT2D eigenvalue weighted by Gasteiger charge is -2.46. The molecule has 0 atom stereocenters. The summed E-state index contributed by atoms with van der Waals surface area (Å²) in [5, 5.41) is 0. The first-order chi connectivity index (χ1) is 12.9. The summed E-state index contributed by atoms with van der Waals surface area (Å²) in [6.45, 7) is 15.1. The van der Waals surface area contributed by atoms with Gasteiger partial charge in [-0.25, -0.2) is 4.99 Å². The number of carbonyl (C=O) groups is 1. The number of amidine groups is 1. The van der Waals surface area contributed by atoms with Crippen molar-refractivity contribution in [3.05, 3.63) is 72.4 Å². The molecule has 0 saturated carbocycles. The topological polar surface area (TPSA) is 45.0 Å². The molecule has 0 radical (unpaired) electrons. The van der Waals surface area contributed by atoms with E-state index < -0.39 is 0 Å². The van der Waals surface area contributed by atoms with Gasteiger partial charge in [-0.1, -0.05) is 50.1 Å². The number of hydrogen-bond donors (Lipinski definition) is 0. The first kappa shape index (κ1) is 19.0. The van der Waals surface area contributed by atoms with E-state index in [4.69, 9.17) is 4.99 Å². The Morgan fingerprint density at radius 2 is 1.93 bits per heavy atom. The van der Waals surface area contributed by atoms with Crippen LogP contribution in [-0.4, -0.2) is 42.5 Å². The molecular formula is C23H27N3O. The number of amides is 1. The fraction of sp³-hybridized carbons (Fsp3) is 0.348. The van der Waals surface area contributed by atoms with E-state index in [-0.39, 0.29) is 11.3 Å². The molecule has 0 aromatic heterocycles. The molecule has 0 unspecified atom stereocenters. The van der Waals surface area contributed by atoms with Crippen LogP contribution in [0.4, 0.5) is 0 Å². The van der Waals surface area contributed by atoms with Gasteiger partial charge in [-0.2, -0.15) is 0 Å². The Morgan fingerprint density at radius 1 is 1.26 bits per heavy atom. The van der Waals surface area contributed by atoms with Crippen molar-refractivity contribution in [3.63, 3.8) is 0 Å². The van der Waals surface area contributed by atoms with Crippen LogP contribution in [0.3, 0.4) is 0 Å². The molecular weight excluding hydrogens is 334 g/mol. The molecule has 3 rings (SSSR count). The molecule has 1 amide bonds. The Kier molecular flexibility index (Phi) is 5.26. The lowest BCUT2D eigenvalue weighted by Crippen LogP contribution is -2.47. The number of hydrogen-bond acceptors (Lipinski definition) is 2. The van der Waals surface area contributed by atoms with Gasteiger partial charge < -0.3 is 4.90 Å². The summed E-state index contributed by atoms with van der Waals surface area (Å²) in [6.07, 6.45) is 4.22. The van der Waals surface area contributed by atoms with Gasteiger partial charge in [0, 0.05) is 36.7 Å². The minimum atomic E-state index is -0.0141. The quantitative estimate of drug-likeness (QED) is 0.339. The normalized spacial score (nSPS) is 20.5. The maximum atomic E-state index is 12.4. The largest absolute Gasteiger partial charge is 0.339 e. The molecule has 1 spiro atoms. The summed E-state index contributed by atoms with van der Waals surface area (Å²) in [6, 6.07) is 8.46. The van der Waals surface area contributed by atoms with E-state index in [1.54, 1.807) is 7.05 Å². The molecule has 1 fully saturated rings. The fourth-order valence-electron chi connectivity index (χ4n) is 4.16. The summed E-state index contributed by atoms with van der Waals surface area (Å²) in [4.78, 5) is 23.2. The highest BCUT2D eigenvalue weighted by Gasteiger charge is 2.43. The summed E-state index contributed by atoms with van der Waals surface area (Å²) < 4.78 is 0. The molecule has 4 nitrogen and oxygen atoms in total. The zero-order valence-electron chi connectivity index (χ0n) is 16.3. The predicted molar refractivity (Wildman–Crippen MR) is 113 cm³/mol. The van der Waals surface area contributed by atoms with E-state index in [1.807, 2.05) is 17.9 Å². The van der Waals surface area contributed by atoms with Crippen LogP contribution in [0.15, 0.2) is 71.2 Å². The maximum absolute atomic E-state index is 12.4. The Morgan fingerprint density at radius 3 is 2.56 bits per heavy atom. The molecule has 1 aromatic carbocycles. The van der Waals surface area contributed by atoms with Crippen molar-refractivity contribution in [1.29, 1.82) is 0 Å². The van der Waals surface area contributed by atoms with Crippen LogP contribution in [0.25, 0.3) is 0 Å². The van der Waals surface area contributed by atoms with Crippen LogP contribution in [0.1, 0.15) is 37.3 Å². The van der Waals surface area contributed by atoms with Gasteiger partial charge in [0.15, 0.2) is 0 Å². The highest BCUT2D eigenvalue weighted by atomic mass is 16.2. The first-order valence-electron chi connectivity index (χ1n) is 9.32. The van der Waals surface area contributed by atoms with E-state index in [0.29, 0.717) is 5.57 Å². The van der Waals surface area contributed by atoms with Gasteiger partial charge in [0.25, 0.3) is 5.91 Å². The van der Waals surface area contributed by atoms with Crippen molar-refractivity contribution in [2.24, 2.45) is 9.98 Å². The molecule has 2 aliphatic rings. The second-order valence-corrected chi connectivity index (χ2v) is 7.36. The zero-order valence-corrected chi connectivity index (χ0v) is 16.3. The second-order valence-electron chi connectivity index (χ2n) is 7.36. The molecule has 1 heterocycles. The third-order valence-corrected chi connectivity index (χ3v) is 5.77. The van der Waals surface area contributed by atoms with Gasteiger partial charge in [-0.15, -0.1) is 0 Å². The lowest BCUT2D eigenvalue weighted by atomic mass is 9.63. The van der Waals surface area contributed by atoms with E-state index in [2.05, 4.69) is 42.9 Å². The van der Waals surface area contributed by atoms with Gasteiger partial charge in [0.05, 0.1) is 5.71 Å². The minimum Gasteiger partial charge on any atom is -0.339 e. The lowest BCUT2D eigenvalue weighted by molar-refractivity contribution is -0.128. The molecule has 1 aliphatic heterocycles. The number of allylic oxidation sites excluding steroid dienone is 1. The average Bonchev–Trinajstić information content (AvgIpc) is 2.70. The monoisotopic (exact) mass is 361 g/mol. The standard InChI is InChI=1S/C23H27N3O/c1-6-16(2)22(27)26-13-11-23(12-14-26)15-17(3)21(25-18(4)24-5)19-9-7-8-10-20(19)23/h6-10H,1-3,11-15H2,4-5H3. The van der Waals surface area contributed by atoms with E-state index in [9.17, 15) is 4.79 Å². The third kappa shape index (κ3) is 3.44. The van der Waals surface area contributed by atoms with Gasteiger partial charge in [0.2, 0.25) is 0 Å². The van der Waals surface area contributed by atoms with Gasteiger partial charge in [-0.3, -0.25) is 9.79 Å². The third-order valence-electron chi connectivity index (χ3n) is 5.77. The van der Waals surface area contributed by atoms with E-state index in [1.165, 1.54) is 11.6 Å². The number of nitrogens with zero attached hydrogens (tertiary/aromatic N) is 3. The second kappa shape index (κ2) is 7.47. The first-order valence-corrected chi connectivity index (χ1v) is 9.32. The van der Waals surface area contributed by atoms with Crippen molar-refractivity contribution in [1.82, 2.24) is 4.90 Å². The Bertz CT molecular complexity index is 867. The number of likely N-dealkylation sites (tertiary alicyclic amines) is 1. The van der Waals surface area contributed by atoms with Crippen LogP contribution in [0.2, 0.25) is 0 Å². The molecule has 1 saturated heterocycles. The van der Waals surface area contributed by atoms with Crippen LogP contribution >= 0.6 is 0 Å². The van der Waals surface area contributed by atoms with Crippen molar-refractivity contribution >= 4 is 17.5 Å². The average molecular weight is 361 g/mol. The Balaban J connectivity index is 1.94. The maximum Gasteiger partial charge on any atom is 0.253 e. The van der Waals surface area contributed by atoms with Crippen LogP contribution in [0.5, 0.6) is 0 Å². The van der Waals surface area contributed by atoms with Gasteiger partial charge in [-0.05, 0) is 37.3 Å². The number of benzene rings is 1. The fourth-order valence-corrected chi connectivity index (χ4v) is 4.16. The number of fused-ring (bicyclic) bond motifs is 2. The highest BCUT2D eigenvalue weighted by molar-refractivity contribution is 6.18. The van der Waals surface area contributed by atoms with Crippen molar-refractivity contribution in [3.8, 4) is 0 Å². The molecule has 140 valence electrons. The van der Waals surface area contributed by atoms with Crippen molar-refractivity contribution in [2.45, 2.75) is 31.6 Å². The van der Waals surface area contributed by atoms with Crippen LogP contribution < -0.4 is 0 Å². The minimum absolute atomic E-state index is 0.0102. The molecule has 1 aliphatic carbocycles. The predicted octanol–water partition coefficient (Wildman–Crippen LogP) is 4.09. The number of aliphatic imine (C=N–C) groups is 2. The summed E-state index contributed by atoms with van der Waals surface area (Å²) in [5.74, 6) is 0.736. The van der Waals surface area contributed by atoms with Gasteiger partial charge in [0.1, 0.15) is 5.84 Å². The number of carbonyl (C=O) groups excluding carboxylic acids is 1. The van der Waals surface area contributed by atoms with Crippen LogP contribution in [-0.2, 0) is 10.2 Å². The van der Waals surface area contributed by atoms with E-state index >= 15 is 0 Å². The Hall–Kier alpha value is -2.75. The smallest absolute Gasteiger partial charge is 0.253 e. The summed E-state index contributed by atoms with van der Waals surface area (Å²) in [5.41, 5.74) is 4.92. The molecule has 4 heteroatoms. The molecule has 27 heavy (non-hydrogen) atoms. The summed E-state index contributed by atoms with van der Waals surface area (Å²) >= 11 is 0. The number of piperidine rings is 1. The van der Waals surface area contributed by atoms with E-state index in [0.717, 1.165) is 55.0 Å². The molecule has 0 N–H and O–H groups in total.